The minimum absolute atomic E-state index is 0.0137. The SMILES string of the molecule is CCC(=O)N1CCN(C(=O)c2cc(OC3NNC(=O)C4CCCCC34)ccc2F)CC1. The summed E-state index contributed by atoms with van der Waals surface area (Å²) >= 11 is 0. The van der Waals surface area contributed by atoms with E-state index in [0.29, 0.717) is 38.3 Å². The molecule has 168 valence electrons. The quantitative estimate of drug-likeness (QED) is 0.755. The maximum Gasteiger partial charge on any atom is 0.257 e. The summed E-state index contributed by atoms with van der Waals surface area (Å²) in [4.78, 5) is 40.2. The third-order valence-electron chi connectivity index (χ3n) is 6.54. The van der Waals surface area contributed by atoms with E-state index in [1.807, 2.05) is 6.92 Å². The van der Waals surface area contributed by atoms with Gasteiger partial charge in [-0.3, -0.25) is 19.8 Å². The zero-order valence-electron chi connectivity index (χ0n) is 17.7. The first kappa shape index (κ1) is 21.5. The lowest BCUT2D eigenvalue weighted by atomic mass is 9.77. The molecule has 3 aliphatic rings. The Morgan fingerprint density at radius 2 is 1.84 bits per heavy atom. The van der Waals surface area contributed by atoms with E-state index in [1.165, 1.54) is 18.2 Å². The minimum atomic E-state index is -0.607. The highest BCUT2D eigenvalue weighted by Crippen LogP contribution is 2.35. The number of halogens is 1. The summed E-state index contributed by atoms with van der Waals surface area (Å²) in [5, 5.41) is 0. The number of nitrogens with one attached hydrogen (secondary N) is 2. The fourth-order valence-electron chi connectivity index (χ4n) is 4.75. The smallest absolute Gasteiger partial charge is 0.257 e. The lowest BCUT2D eigenvalue weighted by Gasteiger charge is -2.40. The topological polar surface area (TPSA) is 91.0 Å². The molecule has 0 bridgehead atoms. The minimum Gasteiger partial charge on any atom is -0.473 e. The average molecular weight is 432 g/mol. The molecule has 1 aromatic rings. The van der Waals surface area contributed by atoms with Crippen LogP contribution in [0.1, 0.15) is 49.4 Å². The summed E-state index contributed by atoms with van der Waals surface area (Å²) in [5.41, 5.74) is 5.54. The molecule has 3 amide bonds. The number of hydrazine groups is 1. The summed E-state index contributed by atoms with van der Waals surface area (Å²) in [6, 6.07) is 4.16. The van der Waals surface area contributed by atoms with Crippen molar-refractivity contribution < 1.29 is 23.5 Å². The zero-order chi connectivity index (χ0) is 22.0. The molecule has 2 saturated heterocycles. The second-order valence-corrected chi connectivity index (χ2v) is 8.40. The summed E-state index contributed by atoms with van der Waals surface area (Å²) in [6.45, 7) is 3.45. The molecule has 3 fully saturated rings. The number of amides is 3. The number of hydrogen-bond acceptors (Lipinski definition) is 5. The number of hydrogen-bond donors (Lipinski definition) is 2. The second-order valence-electron chi connectivity index (χ2n) is 8.40. The van der Waals surface area contributed by atoms with Crippen LogP contribution in [0.2, 0.25) is 0 Å². The number of rotatable bonds is 4. The predicted octanol–water partition coefficient (Wildman–Crippen LogP) is 1.67. The molecular weight excluding hydrogens is 403 g/mol. The molecule has 0 radical (unpaired) electrons. The molecule has 8 nitrogen and oxygen atoms in total. The summed E-state index contributed by atoms with van der Waals surface area (Å²) in [7, 11) is 0. The normalized spacial score (nSPS) is 26.1. The average Bonchev–Trinajstić information content (AvgIpc) is 2.81. The Bertz CT molecular complexity index is 856. The standard InChI is InChI=1S/C22H29FN4O4/c1-2-19(28)26-9-11-27(12-10-26)22(30)17-13-14(7-8-18(17)23)31-21-16-6-4-3-5-15(16)20(29)24-25-21/h7-8,13,15-16,21,25H,2-6,9-12H2,1H3,(H,24,29). The van der Waals surface area contributed by atoms with Gasteiger partial charge < -0.3 is 14.5 Å². The van der Waals surface area contributed by atoms with E-state index in [0.717, 1.165) is 25.7 Å². The maximum absolute atomic E-state index is 14.5. The molecule has 1 saturated carbocycles. The van der Waals surface area contributed by atoms with Crippen molar-refractivity contribution in [1.82, 2.24) is 20.7 Å². The Balaban J connectivity index is 1.44. The monoisotopic (exact) mass is 432 g/mol. The molecule has 1 aromatic carbocycles. The highest BCUT2D eigenvalue weighted by Gasteiger charge is 2.41. The van der Waals surface area contributed by atoms with E-state index >= 15 is 0 Å². The van der Waals surface area contributed by atoms with Crippen LogP contribution in [0.5, 0.6) is 5.75 Å². The van der Waals surface area contributed by atoms with Crippen molar-refractivity contribution in [1.29, 1.82) is 0 Å². The van der Waals surface area contributed by atoms with E-state index in [1.54, 1.807) is 9.80 Å². The molecule has 2 N–H and O–H groups in total. The van der Waals surface area contributed by atoms with Crippen molar-refractivity contribution in [2.45, 2.75) is 45.3 Å². The van der Waals surface area contributed by atoms with Gasteiger partial charge in [0.05, 0.1) is 5.56 Å². The number of ether oxygens (including phenoxy) is 1. The van der Waals surface area contributed by atoms with Crippen LogP contribution in [0, 0.1) is 17.7 Å². The van der Waals surface area contributed by atoms with Crippen LogP contribution in [0.4, 0.5) is 4.39 Å². The van der Waals surface area contributed by atoms with Crippen LogP contribution in [0.15, 0.2) is 18.2 Å². The second kappa shape index (κ2) is 9.21. The lowest BCUT2D eigenvalue weighted by molar-refractivity contribution is -0.138. The number of fused-ring (bicyclic) bond motifs is 1. The predicted molar refractivity (Wildman–Crippen MR) is 110 cm³/mol. The molecule has 0 aromatic heterocycles. The first-order valence-electron chi connectivity index (χ1n) is 11.1. The zero-order valence-corrected chi connectivity index (χ0v) is 17.7. The van der Waals surface area contributed by atoms with Gasteiger partial charge in [-0.2, -0.15) is 5.43 Å². The first-order chi connectivity index (χ1) is 15.0. The third-order valence-corrected chi connectivity index (χ3v) is 6.54. The number of nitrogens with zero attached hydrogens (tertiary/aromatic N) is 2. The summed E-state index contributed by atoms with van der Waals surface area (Å²) in [5.74, 6) is -0.652. The van der Waals surface area contributed by atoms with Gasteiger partial charge in [0.15, 0.2) is 6.23 Å². The highest BCUT2D eigenvalue weighted by molar-refractivity contribution is 5.95. The molecule has 31 heavy (non-hydrogen) atoms. The third kappa shape index (κ3) is 4.51. The van der Waals surface area contributed by atoms with Gasteiger partial charge in [0, 0.05) is 44.4 Å². The number of benzene rings is 1. The van der Waals surface area contributed by atoms with Crippen molar-refractivity contribution in [2.24, 2.45) is 11.8 Å². The number of piperazine rings is 1. The molecule has 9 heteroatoms. The first-order valence-corrected chi connectivity index (χ1v) is 11.1. The van der Waals surface area contributed by atoms with E-state index in [2.05, 4.69) is 10.9 Å². The maximum atomic E-state index is 14.5. The Kier molecular flexibility index (Phi) is 6.41. The fraction of sp³-hybridized carbons (Fsp3) is 0.591. The van der Waals surface area contributed by atoms with Crippen LogP contribution in [0.25, 0.3) is 0 Å². The van der Waals surface area contributed by atoms with Gasteiger partial charge in [0.1, 0.15) is 11.6 Å². The molecular formula is C22H29FN4O4. The number of carbonyl (C=O) groups is 3. The molecule has 0 spiro atoms. The Hall–Kier alpha value is -2.68. The van der Waals surface area contributed by atoms with E-state index in [-0.39, 0.29) is 29.2 Å². The van der Waals surface area contributed by atoms with Gasteiger partial charge in [0.25, 0.3) is 5.91 Å². The van der Waals surface area contributed by atoms with E-state index in [4.69, 9.17) is 4.74 Å². The van der Waals surface area contributed by atoms with E-state index in [9.17, 15) is 18.8 Å². The molecule has 2 heterocycles. The largest absolute Gasteiger partial charge is 0.473 e. The highest BCUT2D eigenvalue weighted by atomic mass is 19.1. The molecule has 1 aliphatic carbocycles. The van der Waals surface area contributed by atoms with Crippen molar-refractivity contribution in [3.63, 3.8) is 0 Å². The van der Waals surface area contributed by atoms with Gasteiger partial charge >= 0.3 is 0 Å². The molecule has 4 rings (SSSR count). The van der Waals surface area contributed by atoms with Crippen LogP contribution >= 0.6 is 0 Å². The Labute approximate surface area is 181 Å². The van der Waals surface area contributed by atoms with Crippen LogP contribution in [-0.2, 0) is 9.59 Å². The summed E-state index contributed by atoms with van der Waals surface area (Å²) in [6.07, 6.45) is 3.77. The van der Waals surface area contributed by atoms with Gasteiger partial charge in [0.2, 0.25) is 11.8 Å². The van der Waals surface area contributed by atoms with Gasteiger partial charge in [-0.25, -0.2) is 4.39 Å². The van der Waals surface area contributed by atoms with Crippen molar-refractivity contribution in [3.05, 3.63) is 29.6 Å². The molecule has 2 aliphatic heterocycles. The molecule has 3 atom stereocenters. The van der Waals surface area contributed by atoms with Crippen LogP contribution in [0.3, 0.4) is 0 Å². The number of carbonyl (C=O) groups excluding carboxylic acids is 3. The lowest BCUT2D eigenvalue weighted by Crippen LogP contribution is -2.61. The summed E-state index contributed by atoms with van der Waals surface area (Å²) < 4.78 is 20.5. The Morgan fingerprint density at radius 1 is 1.13 bits per heavy atom. The van der Waals surface area contributed by atoms with Crippen LogP contribution < -0.4 is 15.6 Å². The van der Waals surface area contributed by atoms with Gasteiger partial charge in [-0.1, -0.05) is 19.8 Å². The van der Waals surface area contributed by atoms with E-state index < -0.39 is 18.0 Å². The van der Waals surface area contributed by atoms with Crippen molar-refractivity contribution in [3.8, 4) is 5.75 Å². The molecule has 3 unspecified atom stereocenters. The fourth-order valence-corrected chi connectivity index (χ4v) is 4.75. The van der Waals surface area contributed by atoms with Gasteiger partial charge in [-0.05, 0) is 31.0 Å². The van der Waals surface area contributed by atoms with Crippen LogP contribution in [-0.4, -0.2) is 59.9 Å². The Morgan fingerprint density at radius 3 is 2.58 bits per heavy atom. The van der Waals surface area contributed by atoms with Crippen molar-refractivity contribution in [2.75, 3.05) is 26.2 Å². The van der Waals surface area contributed by atoms with Gasteiger partial charge in [-0.15, -0.1) is 0 Å². The van der Waals surface area contributed by atoms with Crippen molar-refractivity contribution >= 4 is 17.7 Å².